The molecule has 0 spiro atoms. The Morgan fingerprint density at radius 1 is 1.14 bits per heavy atom. The van der Waals surface area contributed by atoms with Gasteiger partial charge >= 0.3 is 0 Å². The van der Waals surface area contributed by atoms with E-state index in [2.05, 4.69) is 33.2 Å². The number of ether oxygens (including phenoxy) is 1. The van der Waals surface area contributed by atoms with Crippen molar-refractivity contribution in [3.8, 4) is 9.88 Å². The summed E-state index contributed by atoms with van der Waals surface area (Å²) < 4.78 is 5.44. The van der Waals surface area contributed by atoms with E-state index in [0.717, 1.165) is 53.3 Å². The molecule has 114 valence electrons. The molecule has 1 aliphatic rings. The van der Waals surface area contributed by atoms with Crippen LogP contribution in [0.25, 0.3) is 20.2 Å². The standard InChI is InChI=1S/C15H16N4OS2/c1-9-3-8-21-12(9)15-18-11-13(19-4-6-20-7-5-19)16-10(2)17-14(11)22-15/h3,8H,4-7H2,1-2H3. The summed E-state index contributed by atoms with van der Waals surface area (Å²) in [6.45, 7) is 7.26. The highest BCUT2D eigenvalue weighted by atomic mass is 32.1. The van der Waals surface area contributed by atoms with Gasteiger partial charge in [-0.2, -0.15) is 0 Å². The molecule has 0 aliphatic carbocycles. The number of thiazole rings is 1. The molecule has 0 amide bonds. The van der Waals surface area contributed by atoms with Crippen LogP contribution in [-0.2, 0) is 4.74 Å². The fourth-order valence-electron chi connectivity index (χ4n) is 2.60. The van der Waals surface area contributed by atoms with E-state index in [1.54, 1.807) is 22.7 Å². The van der Waals surface area contributed by atoms with Crippen molar-refractivity contribution in [2.24, 2.45) is 0 Å². The van der Waals surface area contributed by atoms with E-state index in [1.165, 1.54) is 10.4 Å². The second-order valence-corrected chi connectivity index (χ2v) is 7.19. The van der Waals surface area contributed by atoms with Gasteiger partial charge in [-0.25, -0.2) is 15.0 Å². The molecule has 0 atom stereocenters. The summed E-state index contributed by atoms with van der Waals surface area (Å²) in [7, 11) is 0. The molecule has 1 aliphatic heterocycles. The fraction of sp³-hybridized carbons (Fsp3) is 0.400. The Morgan fingerprint density at radius 3 is 2.68 bits per heavy atom. The van der Waals surface area contributed by atoms with Crippen LogP contribution in [0.1, 0.15) is 11.4 Å². The van der Waals surface area contributed by atoms with Gasteiger partial charge in [-0.05, 0) is 30.9 Å². The number of hydrogen-bond acceptors (Lipinski definition) is 7. The molecule has 0 saturated carbocycles. The highest BCUT2D eigenvalue weighted by Crippen LogP contribution is 2.37. The second-order valence-electron chi connectivity index (χ2n) is 5.30. The lowest BCUT2D eigenvalue weighted by Crippen LogP contribution is -2.37. The average Bonchev–Trinajstić information content (AvgIpc) is 3.12. The molecule has 22 heavy (non-hydrogen) atoms. The molecule has 1 saturated heterocycles. The zero-order valence-corrected chi connectivity index (χ0v) is 14.1. The minimum atomic E-state index is 0.742. The Labute approximate surface area is 136 Å². The smallest absolute Gasteiger partial charge is 0.160 e. The van der Waals surface area contributed by atoms with Crippen LogP contribution >= 0.6 is 22.7 Å². The van der Waals surface area contributed by atoms with E-state index in [9.17, 15) is 0 Å². The Bertz CT molecular complexity index is 820. The number of anilines is 1. The third-order valence-corrected chi connectivity index (χ3v) is 5.84. The molecule has 1 fully saturated rings. The molecule has 0 bridgehead atoms. The summed E-state index contributed by atoms with van der Waals surface area (Å²) in [5.41, 5.74) is 2.18. The van der Waals surface area contributed by atoms with Crippen LogP contribution in [0.5, 0.6) is 0 Å². The van der Waals surface area contributed by atoms with Gasteiger partial charge < -0.3 is 9.64 Å². The summed E-state index contributed by atoms with van der Waals surface area (Å²) in [5.74, 6) is 1.75. The molecule has 7 heteroatoms. The molecule has 0 aromatic carbocycles. The van der Waals surface area contributed by atoms with Crippen molar-refractivity contribution in [3.63, 3.8) is 0 Å². The molecule has 3 aromatic rings. The highest BCUT2D eigenvalue weighted by molar-refractivity contribution is 7.25. The third-order valence-electron chi connectivity index (χ3n) is 3.72. The Hall–Kier alpha value is -1.57. The van der Waals surface area contributed by atoms with E-state index in [-0.39, 0.29) is 0 Å². The van der Waals surface area contributed by atoms with Gasteiger partial charge in [-0.1, -0.05) is 11.3 Å². The van der Waals surface area contributed by atoms with E-state index in [0.29, 0.717) is 0 Å². The Balaban J connectivity index is 1.86. The Morgan fingerprint density at radius 2 is 1.95 bits per heavy atom. The van der Waals surface area contributed by atoms with Gasteiger partial charge in [-0.3, -0.25) is 0 Å². The van der Waals surface area contributed by atoms with Gasteiger partial charge in [0.15, 0.2) is 5.82 Å². The quantitative estimate of drug-likeness (QED) is 0.721. The summed E-state index contributed by atoms with van der Waals surface area (Å²) in [5, 5.41) is 3.15. The first-order valence-corrected chi connectivity index (χ1v) is 8.94. The van der Waals surface area contributed by atoms with Crippen LogP contribution in [0.3, 0.4) is 0 Å². The lowest BCUT2D eigenvalue weighted by atomic mass is 10.3. The van der Waals surface area contributed by atoms with Crippen LogP contribution in [0.4, 0.5) is 5.82 Å². The molecule has 0 radical (unpaired) electrons. The first kappa shape index (κ1) is 14.0. The Kier molecular flexibility index (Phi) is 3.56. The lowest BCUT2D eigenvalue weighted by Gasteiger charge is -2.27. The van der Waals surface area contributed by atoms with Crippen LogP contribution in [-0.4, -0.2) is 41.3 Å². The fourth-order valence-corrected chi connectivity index (χ4v) is 4.66. The number of fused-ring (bicyclic) bond motifs is 1. The number of thiophene rings is 1. The van der Waals surface area contributed by atoms with Crippen LogP contribution in [0.15, 0.2) is 11.4 Å². The largest absolute Gasteiger partial charge is 0.378 e. The van der Waals surface area contributed by atoms with Crippen molar-refractivity contribution in [2.75, 3.05) is 31.2 Å². The SMILES string of the molecule is Cc1nc(N2CCOCC2)c2nc(-c3sccc3C)sc2n1. The van der Waals surface area contributed by atoms with Gasteiger partial charge in [0.25, 0.3) is 0 Å². The van der Waals surface area contributed by atoms with Gasteiger partial charge in [0.2, 0.25) is 0 Å². The molecular formula is C15H16N4OS2. The highest BCUT2D eigenvalue weighted by Gasteiger charge is 2.20. The monoisotopic (exact) mass is 332 g/mol. The van der Waals surface area contributed by atoms with Crippen molar-refractivity contribution in [3.05, 3.63) is 22.8 Å². The molecule has 3 aromatic heterocycles. The third kappa shape index (κ3) is 2.39. The second kappa shape index (κ2) is 5.57. The maximum atomic E-state index is 5.44. The molecule has 0 unspecified atom stereocenters. The minimum Gasteiger partial charge on any atom is -0.378 e. The molecule has 4 heterocycles. The van der Waals surface area contributed by atoms with Crippen LogP contribution < -0.4 is 4.90 Å². The van der Waals surface area contributed by atoms with Gasteiger partial charge in [0.1, 0.15) is 21.2 Å². The normalized spacial score (nSPS) is 15.6. The summed E-state index contributed by atoms with van der Waals surface area (Å²) in [4.78, 5) is 18.5. The van der Waals surface area contributed by atoms with Gasteiger partial charge in [-0.15, -0.1) is 11.3 Å². The zero-order chi connectivity index (χ0) is 15.1. The van der Waals surface area contributed by atoms with Crippen molar-refractivity contribution in [2.45, 2.75) is 13.8 Å². The molecule has 4 rings (SSSR count). The average molecular weight is 332 g/mol. The maximum Gasteiger partial charge on any atom is 0.160 e. The first-order chi connectivity index (χ1) is 10.7. The number of aromatic nitrogens is 3. The number of nitrogens with zero attached hydrogens (tertiary/aromatic N) is 4. The van der Waals surface area contributed by atoms with Gasteiger partial charge in [0.05, 0.1) is 18.1 Å². The van der Waals surface area contributed by atoms with Crippen molar-refractivity contribution in [1.82, 2.24) is 15.0 Å². The predicted octanol–water partition coefficient (Wildman–Crippen LogP) is 3.27. The van der Waals surface area contributed by atoms with E-state index < -0.39 is 0 Å². The van der Waals surface area contributed by atoms with Crippen LogP contribution in [0.2, 0.25) is 0 Å². The van der Waals surface area contributed by atoms with Crippen molar-refractivity contribution >= 4 is 38.8 Å². The number of aryl methyl sites for hydroxylation is 2. The van der Waals surface area contributed by atoms with Gasteiger partial charge in [0, 0.05) is 13.1 Å². The lowest BCUT2D eigenvalue weighted by molar-refractivity contribution is 0.122. The summed E-state index contributed by atoms with van der Waals surface area (Å²) >= 11 is 3.38. The number of rotatable bonds is 2. The maximum absolute atomic E-state index is 5.44. The summed E-state index contributed by atoms with van der Waals surface area (Å²) in [6, 6.07) is 2.13. The van der Waals surface area contributed by atoms with Crippen molar-refractivity contribution in [1.29, 1.82) is 0 Å². The zero-order valence-electron chi connectivity index (χ0n) is 12.5. The minimum absolute atomic E-state index is 0.742. The summed E-state index contributed by atoms with van der Waals surface area (Å²) in [6.07, 6.45) is 0. The van der Waals surface area contributed by atoms with Crippen molar-refractivity contribution < 1.29 is 4.74 Å². The van der Waals surface area contributed by atoms with E-state index in [1.807, 2.05) is 6.92 Å². The first-order valence-electron chi connectivity index (χ1n) is 7.25. The topological polar surface area (TPSA) is 51.1 Å². The van der Waals surface area contributed by atoms with Crippen LogP contribution in [0, 0.1) is 13.8 Å². The number of hydrogen-bond donors (Lipinski definition) is 0. The molecule has 5 nitrogen and oxygen atoms in total. The van der Waals surface area contributed by atoms with E-state index >= 15 is 0 Å². The molecule has 0 N–H and O–H groups in total. The number of morpholine rings is 1. The van der Waals surface area contributed by atoms with E-state index in [4.69, 9.17) is 9.72 Å². The molecular weight excluding hydrogens is 316 g/mol. The predicted molar refractivity (Wildman–Crippen MR) is 91.0 cm³/mol.